The molecule has 2 heterocycles. The summed E-state index contributed by atoms with van der Waals surface area (Å²) in [7, 11) is 3.13. The number of rotatable bonds is 7. The number of ether oxygens (including phenoxy) is 2. The predicted molar refractivity (Wildman–Crippen MR) is 175 cm³/mol. The summed E-state index contributed by atoms with van der Waals surface area (Å²) in [6, 6.07) is 26.4. The molecule has 1 saturated heterocycles. The average molecular weight is 598 g/mol. The van der Waals surface area contributed by atoms with Gasteiger partial charge in [-0.2, -0.15) is 0 Å². The van der Waals surface area contributed by atoms with Gasteiger partial charge in [-0.05, 0) is 35.6 Å². The summed E-state index contributed by atoms with van der Waals surface area (Å²) >= 11 is 0. The Labute approximate surface area is 263 Å². The molecule has 7 rings (SSSR count). The number of carbonyl (C=O) groups is 3. The van der Waals surface area contributed by atoms with Crippen molar-refractivity contribution in [3.05, 3.63) is 130 Å². The Kier molecular flexibility index (Phi) is 6.96. The summed E-state index contributed by atoms with van der Waals surface area (Å²) in [6.07, 6.45) is 4.81. The van der Waals surface area contributed by atoms with Crippen molar-refractivity contribution < 1.29 is 23.9 Å². The lowest BCUT2D eigenvalue weighted by atomic mass is 9.64. The van der Waals surface area contributed by atoms with Gasteiger partial charge in [-0.15, -0.1) is 0 Å². The van der Waals surface area contributed by atoms with Gasteiger partial charge in [0.15, 0.2) is 17.3 Å². The number of anilines is 1. The van der Waals surface area contributed by atoms with E-state index in [0.717, 1.165) is 23.2 Å². The quantitative estimate of drug-likeness (QED) is 0.166. The summed E-state index contributed by atoms with van der Waals surface area (Å²) < 4.78 is 11.4. The highest BCUT2D eigenvalue weighted by atomic mass is 16.5. The van der Waals surface area contributed by atoms with Crippen molar-refractivity contribution in [2.45, 2.75) is 38.3 Å². The van der Waals surface area contributed by atoms with Crippen molar-refractivity contribution in [3.63, 3.8) is 0 Å². The van der Waals surface area contributed by atoms with Crippen LogP contribution in [0, 0.1) is 11.3 Å². The predicted octanol–water partition coefficient (Wildman–Crippen LogP) is 7.22. The number of carbonyl (C=O) groups excluding carboxylic acids is 3. The minimum Gasteiger partial charge on any atom is -0.497 e. The molecule has 1 fully saturated rings. The molecule has 0 bridgehead atoms. The van der Waals surface area contributed by atoms with Crippen LogP contribution in [0.5, 0.6) is 11.5 Å². The Balaban J connectivity index is 1.51. The first-order chi connectivity index (χ1) is 21.8. The Hall–Kier alpha value is -4.97. The van der Waals surface area contributed by atoms with Crippen molar-refractivity contribution in [2.24, 2.45) is 11.3 Å². The van der Waals surface area contributed by atoms with Crippen LogP contribution in [0.4, 0.5) is 5.69 Å². The number of nitrogens with zero attached hydrogens (tertiary/aromatic N) is 1. The molecule has 0 saturated carbocycles. The Morgan fingerprint density at radius 2 is 1.51 bits per heavy atom. The molecule has 2 aliphatic heterocycles. The van der Waals surface area contributed by atoms with Gasteiger partial charge in [0.1, 0.15) is 23.0 Å². The maximum Gasteiger partial charge on any atom is 0.185 e. The average Bonchev–Trinajstić information content (AvgIpc) is 3.50. The fourth-order valence-corrected chi connectivity index (χ4v) is 7.78. The number of hydrogen-bond acceptors (Lipinski definition) is 6. The SMILES string of the molecule is COc1ccc([C@@H]2[C@@H](C(=O)c3ccc(CC(C)C)cc3)N3c4ccccc4C=CC3C23C(=O)c2ccccc2C3=O)c(OC)c1. The van der Waals surface area contributed by atoms with Crippen LogP contribution in [-0.2, 0) is 6.42 Å². The summed E-state index contributed by atoms with van der Waals surface area (Å²) in [6.45, 7) is 4.33. The number of fused-ring (bicyclic) bond motifs is 5. The van der Waals surface area contributed by atoms with Gasteiger partial charge in [-0.25, -0.2) is 0 Å². The van der Waals surface area contributed by atoms with Gasteiger partial charge < -0.3 is 14.4 Å². The zero-order valence-electron chi connectivity index (χ0n) is 25.8. The van der Waals surface area contributed by atoms with Crippen LogP contribution in [0.25, 0.3) is 6.08 Å². The fraction of sp³-hybridized carbons (Fsp3) is 0.256. The van der Waals surface area contributed by atoms with E-state index in [1.165, 1.54) is 0 Å². The Morgan fingerprint density at radius 1 is 0.844 bits per heavy atom. The third-order valence-corrected chi connectivity index (χ3v) is 9.64. The molecule has 6 nitrogen and oxygen atoms in total. The van der Waals surface area contributed by atoms with Gasteiger partial charge in [-0.1, -0.05) is 98.8 Å². The molecule has 0 amide bonds. The zero-order valence-corrected chi connectivity index (χ0v) is 25.8. The van der Waals surface area contributed by atoms with E-state index in [1.807, 2.05) is 71.6 Å². The second-order valence-corrected chi connectivity index (χ2v) is 12.5. The lowest BCUT2D eigenvalue weighted by Crippen LogP contribution is -2.48. The van der Waals surface area contributed by atoms with Crippen LogP contribution in [0.2, 0.25) is 0 Å². The molecule has 4 aromatic rings. The number of ketones is 3. The molecule has 226 valence electrons. The molecule has 3 aliphatic rings. The van der Waals surface area contributed by atoms with E-state index >= 15 is 4.79 Å². The number of Topliss-reactive ketones (excluding diaryl/α,β-unsaturated/α-hetero) is 3. The van der Waals surface area contributed by atoms with Gasteiger partial charge in [0.25, 0.3) is 0 Å². The normalized spacial score (nSPS) is 20.7. The smallest absolute Gasteiger partial charge is 0.185 e. The highest BCUT2D eigenvalue weighted by Crippen LogP contribution is 2.62. The van der Waals surface area contributed by atoms with E-state index in [9.17, 15) is 9.59 Å². The number of hydrogen-bond donors (Lipinski definition) is 0. The Morgan fingerprint density at radius 3 is 2.16 bits per heavy atom. The van der Waals surface area contributed by atoms with Gasteiger partial charge in [0.2, 0.25) is 0 Å². The maximum absolute atomic E-state index is 15.0. The van der Waals surface area contributed by atoms with Crippen LogP contribution >= 0.6 is 0 Å². The Bertz CT molecular complexity index is 1840. The van der Waals surface area contributed by atoms with Crippen LogP contribution in [0.15, 0.2) is 97.1 Å². The molecular weight excluding hydrogens is 562 g/mol. The summed E-state index contributed by atoms with van der Waals surface area (Å²) in [5, 5.41) is 0. The molecule has 45 heavy (non-hydrogen) atoms. The van der Waals surface area contributed by atoms with Crippen LogP contribution in [0.1, 0.15) is 67.5 Å². The van der Waals surface area contributed by atoms with Gasteiger partial charge in [0, 0.05) is 39.9 Å². The molecule has 1 spiro atoms. The number of methoxy groups -OCH3 is 2. The molecule has 0 N–H and O–H groups in total. The third-order valence-electron chi connectivity index (χ3n) is 9.64. The van der Waals surface area contributed by atoms with E-state index in [4.69, 9.17) is 9.47 Å². The topological polar surface area (TPSA) is 72.9 Å². The molecule has 0 aromatic heterocycles. The molecule has 3 atom stereocenters. The lowest BCUT2D eigenvalue weighted by molar-refractivity contribution is 0.0665. The highest BCUT2D eigenvalue weighted by molar-refractivity contribution is 6.32. The first kappa shape index (κ1) is 28.8. The van der Waals surface area contributed by atoms with E-state index in [-0.39, 0.29) is 17.3 Å². The van der Waals surface area contributed by atoms with Crippen molar-refractivity contribution in [1.29, 1.82) is 0 Å². The molecule has 4 aromatic carbocycles. The molecule has 6 heteroatoms. The minimum atomic E-state index is -1.60. The van der Waals surface area contributed by atoms with Gasteiger partial charge in [-0.3, -0.25) is 14.4 Å². The molecule has 1 aliphatic carbocycles. The standard InChI is InChI=1S/C39H35NO5/c1-23(2)21-24-13-15-26(16-14-24)36(41)35-34(30-19-18-27(44-3)22-32(30)45-4)39(37(42)28-10-6-7-11-29(28)38(39)43)33-20-17-25-9-5-8-12-31(25)40(33)35/h5-20,22-23,33-35H,21H2,1-4H3/t33?,34-,35+/m1/s1. The summed E-state index contributed by atoms with van der Waals surface area (Å²) in [4.78, 5) is 46.8. The third kappa shape index (κ3) is 4.19. The van der Waals surface area contributed by atoms with E-state index < -0.39 is 23.4 Å². The first-order valence-electron chi connectivity index (χ1n) is 15.4. The van der Waals surface area contributed by atoms with Crippen molar-refractivity contribution >= 4 is 29.1 Å². The monoisotopic (exact) mass is 597 g/mol. The van der Waals surface area contributed by atoms with Crippen LogP contribution in [0.3, 0.4) is 0 Å². The van der Waals surface area contributed by atoms with Crippen molar-refractivity contribution in [1.82, 2.24) is 0 Å². The van der Waals surface area contributed by atoms with E-state index in [0.29, 0.717) is 39.7 Å². The van der Waals surface area contributed by atoms with E-state index in [2.05, 4.69) is 13.8 Å². The second-order valence-electron chi connectivity index (χ2n) is 12.5. The largest absolute Gasteiger partial charge is 0.497 e. The van der Waals surface area contributed by atoms with Crippen LogP contribution < -0.4 is 14.4 Å². The fourth-order valence-electron chi connectivity index (χ4n) is 7.78. The first-order valence-corrected chi connectivity index (χ1v) is 15.4. The molecule has 0 radical (unpaired) electrons. The zero-order chi connectivity index (χ0) is 31.5. The van der Waals surface area contributed by atoms with Crippen molar-refractivity contribution in [2.75, 3.05) is 19.1 Å². The maximum atomic E-state index is 15.0. The molecule has 1 unspecified atom stereocenters. The summed E-state index contributed by atoms with van der Waals surface area (Å²) in [5.74, 6) is -0.0577. The lowest BCUT2D eigenvalue weighted by Gasteiger charge is -2.37. The van der Waals surface area contributed by atoms with Gasteiger partial charge in [0.05, 0.1) is 20.3 Å². The summed E-state index contributed by atoms with van der Waals surface area (Å²) in [5.41, 5.74) is 3.20. The van der Waals surface area contributed by atoms with Crippen molar-refractivity contribution in [3.8, 4) is 11.5 Å². The number of benzene rings is 4. The van der Waals surface area contributed by atoms with E-state index in [1.54, 1.807) is 50.6 Å². The highest BCUT2D eigenvalue weighted by Gasteiger charge is 2.72. The van der Waals surface area contributed by atoms with Crippen LogP contribution in [-0.4, -0.2) is 43.7 Å². The molecular formula is C39H35NO5. The second kappa shape index (κ2) is 10.9. The van der Waals surface area contributed by atoms with Gasteiger partial charge >= 0.3 is 0 Å². The minimum absolute atomic E-state index is 0.155. The number of para-hydroxylation sites is 1.